The molecule has 0 radical (unpaired) electrons. The van der Waals surface area contributed by atoms with Crippen molar-refractivity contribution in [3.8, 4) is 0 Å². The van der Waals surface area contributed by atoms with Crippen LogP contribution in [0.2, 0.25) is 0 Å². The number of fused-ring (bicyclic) bond motifs is 1. The van der Waals surface area contributed by atoms with Crippen molar-refractivity contribution in [1.82, 2.24) is 4.90 Å². The van der Waals surface area contributed by atoms with Gasteiger partial charge in [0.2, 0.25) is 0 Å². The highest BCUT2D eigenvalue weighted by Crippen LogP contribution is 2.49. The molecule has 1 amide bonds. The van der Waals surface area contributed by atoms with Crippen molar-refractivity contribution in [2.75, 3.05) is 13.1 Å². The second-order valence-electron chi connectivity index (χ2n) is 8.21. The number of nitrogens with zero attached hydrogens (tertiary/aromatic N) is 1. The molecule has 2 saturated carbocycles. The van der Waals surface area contributed by atoms with E-state index in [0.717, 1.165) is 25.7 Å². The van der Waals surface area contributed by atoms with Crippen LogP contribution in [0, 0.1) is 11.3 Å². The number of hydrogen-bond acceptors (Lipinski definition) is 4. The van der Waals surface area contributed by atoms with Gasteiger partial charge in [0.05, 0.1) is 15.6 Å². The number of carbonyl (C=O) groups is 2. The van der Waals surface area contributed by atoms with Gasteiger partial charge in [-0.2, -0.15) is 0 Å². The number of sulfone groups is 1. The molecular formula is C20H25NO5S. The highest BCUT2D eigenvalue weighted by molar-refractivity contribution is 7.92. The van der Waals surface area contributed by atoms with Crippen molar-refractivity contribution < 1.29 is 23.1 Å². The topological polar surface area (TPSA) is 91.8 Å². The van der Waals surface area contributed by atoms with Crippen LogP contribution in [0.4, 0.5) is 0 Å². The average Bonchev–Trinajstić information content (AvgIpc) is 3.36. The molecule has 7 heteroatoms. The summed E-state index contributed by atoms with van der Waals surface area (Å²) >= 11 is 0. The lowest BCUT2D eigenvalue weighted by Gasteiger charge is -2.23. The molecule has 4 rings (SSSR count). The van der Waals surface area contributed by atoms with Crippen LogP contribution in [0.25, 0.3) is 0 Å². The molecule has 6 nitrogen and oxygen atoms in total. The van der Waals surface area contributed by atoms with Gasteiger partial charge < -0.3 is 10.0 Å². The molecule has 27 heavy (non-hydrogen) atoms. The molecule has 1 aromatic rings. The Kier molecular flexibility index (Phi) is 4.53. The van der Waals surface area contributed by atoms with Gasteiger partial charge in [-0.3, -0.25) is 9.59 Å². The predicted molar refractivity (Wildman–Crippen MR) is 99.2 cm³/mol. The molecule has 3 aliphatic rings. The van der Waals surface area contributed by atoms with Crippen LogP contribution in [0.5, 0.6) is 0 Å². The molecule has 1 aliphatic heterocycles. The maximum Gasteiger partial charge on any atom is 0.311 e. The molecule has 1 heterocycles. The first kappa shape index (κ1) is 18.5. The summed E-state index contributed by atoms with van der Waals surface area (Å²) in [6.45, 7) is 0.710. The van der Waals surface area contributed by atoms with Crippen LogP contribution >= 0.6 is 0 Å². The summed E-state index contributed by atoms with van der Waals surface area (Å²) in [4.78, 5) is 26.5. The molecule has 0 bridgehead atoms. The lowest BCUT2D eigenvalue weighted by molar-refractivity contribution is -0.149. The summed E-state index contributed by atoms with van der Waals surface area (Å²) in [5.41, 5.74) is -0.387. The Morgan fingerprint density at radius 1 is 1.04 bits per heavy atom. The monoisotopic (exact) mass is 391 g/mol. The first-order chi connectivity index (χ1) is 12.8. The molecule has 1 saturated heterocycles. The fraction of sp³-hybridized carbons (Fsp3) is 0.600. The van der Waals surface area contributed by atoms with E-state index in [4.69, 9.17) is 0 Å². The fourth-order valence-electron chi connectivity index (χ4n) is 5.15. The van der Waals surface area contributed by atoms with Gasteiger partial charge in [-0.1, -0.05) is 19.3 Å². The van der Waals surface area contributed by atoms with Crippen LogP contribution in [-0.4, -0.2) is 48.6 Å². The summed E-state index contributed by atoms with van der Waals surface area (Å²) in [6.07, 6.45) is 5.66. The Balaban J connectivity index is 1.51. The number of carbonyl (C=O) groups excluding carboxylic acids is 1. The Labute approximate surface area is 159 Å². The number of rotatable bonds is 4. The first-order valence-corrected chi connectivity index (χ1v) is 11.3. The molecule has 2 aliphatic carbocycles. The van der Waals surface area contributed by atoms with Gasteiger partial charge in [0.1, 0.15) is 0 Å². The van der Waals surface area contributed by atoms with Crippen molar-refractivity contribution >= 4 is 21.7 Å². The number of hydrogen-bond donors (Lipinski definition) is 1. The zero-order valence-corrected chi connectivity index (χ0v) is 16.1. The highest BCUT2D eigenvalue weighted by Gasteiger charge is 2.55. The zero-order chi connectivity index (χ0) is 19.2. The van der Waals surface area contributed by atoms with Gasteiger partial charge in [0, 0.05) is 18.7 Å². The van der Waals surface area contributed by atoms with E-state index in [1.807, 2.05) is 0 Å². The Morgan fingerprint density at radius 3 is 2.30 bits per heavy atom. The van der Waals surface area contributed by atoms with Crippen LogP contribution in [0.1, 0.15) is 55.3 Å². The normalized spacial score (nSPS) is 28.4. The van der Waals surface area contributed by atoms with Gasteiger partial charge in [0.15, 0.2) is 9.84 Å². The number of amides is 1. The summed E-state index contributed by atoms with van der Waals surface area (Å²) < 4.78 is 25.3. The van der Waals surface area contributed by atoms with E-state index in [-0.39, 0.29) is 28.5 Å². The van der Waals surface area contributed by atoms with E-state index in [1.54, 1.807) is 17.0 Å². The molecule has 0 spiro atoms. The van der Waals surface area contributed by atoms with Crippen LogP contribution in [-0.2, 0) is 14.6 Å². The van der Waals surface area contributed by atoms with Crippen molar-refractivity contribution in [2.45, 2.75) is 55.1 Å². The van der Waals surface area contributed by atoms with Crippen LogP contribution in [0.3, 0.4) is 0 Å². The van der Waals surface area contributed by atoms with Crippen molar-refractivity contribution in [2.24, 2.45) is 11.3 Å². The molecular weight excluding hydrogens is 366 g/mol. The molecule has 1 aromatic carbocycles. The minimum absolute atomic E-state index is 0.0148. The van der Waals surface area contributed by atoms with E-state index in [1.165, 1.54) is 12.1 Å². The van der Waals surface area contributed by atoms with Crippen molar-refractivity contribution in [3.05, 3.63) is 29.8 Å². The molecule has 1 N–H and O–H groups in total. The summed E-state index contributed by atoms with van der Waals surface area (Å²) in [5.74, 6) is -1.01. The Morgan fingerprint density at radius 2 is 1.70 bits per heavy atom. The molecule has 2 atom stereocenters. The Bertz CT molecular complexity index is 857. The first-order valence-electron chi connectivity index (χ1n) is 9.71. The number of aliphatic carboxylic acids is 1. The van der Waals surface area contributed by atoms with E-state index in [9.17, 15) is 23.1 Å². The maximum absolute atomic E-state index is 12.8. The minimum atomic E-state index is -3.34. The summed E-state index contributed by atoms with van der Waals surface area (Å²) in [7, 11) is -3.34. The number of benzene rings is 1. The third-order valence-corrected chi connectivity index (χ3v) is 9.03. The van der Waals surface area contributed by atoms with Gasteiger partial charge in [-0.25, -0.2) is 8.42 Å². The lowest BCUT2D eigenvalue weighted by Crippen LogP contribution is -2.37. The summed E-state index contributed by atoms with van der Waals surface area (Å²) in [6, 6.07) is 6.16. The standard InChI is InChI=1S/C20H25NO5S/c22-18(21-12-15-4-3-11-20(15,13-21)19(23)24)14-7-9-17(10-8-14)27(25,26)16-5-1-2-6-16/h7-10,15-16H,1-6,11-13H2,(H,23,24)/t15-,20+/m0/s1. The van der Waals surface area contributed by atoms with Gasteiger partial charge in [0.25, 0.3) is 5.91 Å². The lowest BCUT2D eigenvalue weighted by atomic mass is 9.81. The smallest absolute Gasteiger partial charge is 0.311 e. The third kappa shape index (κ3) is 2.96. The third-order valence-electron chi connectivity index (χ3n) is 6.75. The highest BCUT2D eigenvalue weighted by atomic mass is 32.2. The largest absolute Gasteiger partial charge is 0.481 e. The molecule has 0 unspecified atom stereocenters. The molecule has 0 aromatic heterocycles. The van der Waals surface area contributed by atoms with Gasteiger partial charge >= 0.3 is 5.97 Å². The van der Waals surface area contributed by atoms with E-state index >= 15 is 0 Å². The second-order valence-corrected chi connectivity index (χ2v) is 10.4. The van der Waals surface area contributed by atoms with Gasteiger partial charge in [-0.05, 0) is 55.9 Å². The quantitative estimate of drug-likeness (QED) is 0.852. The summed E-state index contributed by atoms with van der Waals surface area (Å²) in [5, 5.41) is 9.36. The minimum Gasteiger partial charge on any atom is -0.481 e. The van der Waals surface area contributed by atoms with E-state index < -0.39 is 21.2 Å². The maximum atomic E-state index is 12.8. The van der Waals surface area contributed by atoms with E-state index in [2.05, 4.69) is 0 Å². The van der Waals surface area contributed by atoms with E-state index in [0.29, 0.717) is 31.4 Å². The number of likely N-dealkylation sites (tertiary alicyclic amines) is 1. The zero-order valence-electron chi connectivity index (χ0n) is 15.3. The number of carboxylic acid groups (broad SMARTS) is 1. The van der Waals surface area contributed by atoms with Crippen molar-refractivity contribution in [3.63, 3.8) is 0 Å². The average molecular weight is 391 g/mol. The molecule has 3 fully saturated rings. The predicted octanol–water partition coefficient (Wildman–Crippen LogP) is 2.73. The van der Waals surface area contributed by atoms with Crippen LogP contribution < -0.4 is 0 Å². The van der Waals surface area contributed by atoms with Crippen LogP contribution in [0.15, 0.2) is 29.2 Å². The van der Waals surface area contributed by atoms with Gasteiger partial charge in [-0.15, -0.1) is 0 Å². The number of carboxylic acids is 1. The molecule has 146 valence electrons. The SMILES string of the molecule is O=C(c1ccc(S(=O)(=O)C2CCCC2)cc1)N1C[C@@H]2CCC[C@@]2(C(=O)O)C1. The van der Waals surface area contributed by atoms with Crippen molar-refractivity contribution in [1.29, 1.82) is 0 Å². The fourth-order valence-corrected chi connectivity index (χ4v) is 7.01. The second kappa shape index (κ2) is 6.62. The Hall–Kier alpha value is -1.89.